The maximum absolute atomic E-state index is 13.6. The summed E-state index contributed by atoms with van der Waals surface area (Å²) in [6, 6.07) is 29.8. The first-order chi connectivity index (χ1) is 18.9. The van der Waals surface area contributed by atoms with E-state index in [1.807, 2.05) is 60.7 Å². The van der Waals surface area contributed by atoms with Crippen LogP contribution in [0.5, 0.6) is 5.75 Å². The lowest BCUT2D eigenvalue weighted by atomic mass is 10.1. The molecule has 4 aromatic carbocycles. The van der Waals surface area contributed by atoms with Crippen molar-refractivity contribution in [1.82, 2.24) is 8.87 Å². The molecular formula is C31H31N3O4S. The van der Waals surface area contributed by atoms with E-state index >= 15 is 0 Å². The number of fused-ring (bicyclic) bond motifs is 3. The van der Waals surface area contributed by atoms with E-state index in [2.05, 4.69) is 28.9 Å². The van der Waals surface area contributed by atoms with Crippen molar-refractivity contribution >= 4 is 43.4 Å². The Kier molecular flexibility index (Phi) is 7.67. The normalized spacial score (nSPS) is 11.8. The summed E-state index contributed by atoms with van der Waals surface area (Å²) in [5, 5.41) is 5.07. The van der Waals surface area contributed by atoms with Crippen molar-refractivity contribution in [2.45, 2.75) is 24.8 Å². The molecule has 0 unspecified atom stereocenters. The van der Waals surface area contributed by atoms with Gasteiger partial charge in [-0.2, -0.15) is 4.31 Å². The van der Waals surface area contributed by atoms with E-state index < -0.39 is 15.9 Å². The van der Waals surface area contributed by atoms with Gasteiger partial charge in [0.2, 0.25) is 15.9 Å². The summed E-state index contributed by atoms with van der Waals surface area (Å²) in [6.07, 6.45) is 0.478. The molecule has 0 aliphatic carbocycles. The van der Waals surface area contributed by atoms with E-state index in [0.29, 0.717) is 17.9 Å². The number of amides is 1. The second-order valence-electron chi connectivity index (χ2n) is 9.29. The third-order valence-electron chi connectivity index (χ3n) is 6.88. The topological polar surface area (TPSA) is 80.6 Å². The number of methoxy groups -OCH3 is 1. The molecule has 1 N–H and O–H groups in total. The van der Waals surface area contributed by atoms with E-state index in [0.717, 1.165) is 33.9 Å². The first-order valence-corrected chi connectivity index (χ1v) is 14.3. The molecule has 0 fully saturated rings. The van der Waals surface area contributed by atoms with Gasteiger partial charge in [-0.3, -0.25) is 4.79 Å². The standard InChI is InChI=1S/C31H31N3O4S/c1-3-34-29-12-8-7-11-27(29)28-21-24(13-18-30(28)34)32-31(35)22-33(20-19-23-9-5-4-6-10-23)39(36,37)26-16-14-25(38-2)15-17-26/h4-18,21H,3,19-20,22H2,1-2H3,(H,32,35). The Morgan fingerprint density at radius 2 is 1.56 bits per heavy atom. The van der Waals surface area contributed by atoms with Crippen molar-refractivity contribution < 1.29 is 17.9 Å². The van der Waals surface area contributed by atoms with Gasteiger partial charge >= 0.3 is 0 Å². The third kappa shape index (κ3) is 5.53. The molecule has 0 radical (unpaired) electrons. The van der Waals surface area contributed by atoms with Gasteiger partial charge in [0.05, 0.1) is 18.6 Å². The molecule has 8 heteroatoms. The maximum atomic E-state index is 13.6. The number of carbonyl (C=O) groups is 1. The molecule has 1 heterocycles. The highest BCUT2D eigenvalue weighted by Gasteiger charge is 2.27. The molecule has 1 aromatic heterocycles. The van der Waals surface area contributed by atoms with Crippen molar-refractivity contribution in [2.75, 3.05) is 25.5 Å². The number of anilines is 1. The number of carbonyl (C=O) groups excluding carboxylic acids is 1. The number of nitrogens with one attached hydrogen (secondary N) is 1. The summed E-state index contributed by atoms with van der Waals surface area (Å²) in [7, 11) is -2.41. The summed E-state index contributed by atoms with van der Waals surface area (Å²) in [6.45, 7) is 2.79. The van der Waals surface area contributed by atoms with E-state index in [-0.39, 0.29) is 18.0 Å². The van der Waals surface area contributed by atoms with Crippen LogP contribution in [0.2, 0.25) is 0 Å². The molecule has 0 saturated carbocycles. The van der Waals surface area contributed by atoms with Crippen LogP contribution in [0.1, 0.15) is 12.5 Å². The number of aromatic nitrogens is 1. The number of hydrogen-bond acceptors (Lipinski definition) is 4. The second kappa shape index (κ2) is 11.3. The molecule has 7 nitrogen and oxygen atoms in total. The second-order valence-corrected chi connectivity index (χ2v) is 11.2. The summed E-state index contributed by atoms with van der Waals surface area (Å²) < 4.78 is 35.8. The van der Waals surface area contributed by atoms with Crippen LogP contribution in [0.15, 0.2) is 102 Å². The fourth-order valence-corrected chi connectivity index (χ4v) is 6.31. The number of rotatable bonds is 10. The van der Waals surface area contributed by atoms with Crippen LogP contribution < -0.4 is 10.1 Å². The molecule has 0 saturated heterocycles. The number of ether oxygens (including phenoxy) is 1. The van der Waals surface area contributed by atoms with Crippen molar-refractivity contribution in [3.8, 4) is 5.75 Å². The largest absolute Gasteiger partial charge is 0.497 e. The van der Waals surface area contributed by atoms with E-state index in [4.69, 9.17) is 4.74 Å². The van der Waals surface area contributed by atoms with Gasteiger partial charge in [0.15, 0.2) is 0 Å². The van der Waals surface area contributed by atoms with Gasteiger partial charge in [0.25, 0.3) is 0 Å². The predicted octanol–water partition coefficient (Wildman–Crippen LogP) is 5.70. The van der Waals surface area contributed by atoms with Crippen molar-refractivity contribution in [2.24, 2.45) is 0 Å². The lowest BCUT2D eigenvalue weighted by molar-refractivity contribution is -0.116. The van der Waals surface area contributed by atoms with E-state index in [1.54, 1.807) is 12.1 Å². The maximum Gasteiger partial charge on any atom is 0.243 e. The Morgan fingerprint density at radius 3 is 2.28 bits per heavy atom. The average Bonchev–Trinajstić information content (AvgIpc) is 3.28. The highest BCUT2D eigenvalue weighted by Crippen LogP contribution is 2.31. The zero-order valence-corrected chi connectivity index (χ0v) is 22.8. The van der Waals surface area contributed by atoms with E-state index in [1.165, 1.54) is 23.5 Å². The minimum absolute atomic E-state index is 0.109. The summed E-state index contributed by atoms with van der Waals surface area (Å²) in [5.41, 5.74) is 3.83. The number of nitrogens with zero attached hydrogens (tertiary/aromatic N) is 2. The summed E-state index contributed by atoms with van der Waals surface area (Å²) >= 11 is 0. The Morgan fingerprint density at radius 1 is 0.872 bits per heavy atom. The Balaban J connectivity index is 1.40. The number of para-hydroxylation sites is 1. The van der Waals surface area contributed by atoms with E-state index in [9.17, 15) is 13.2 Å². The van der Waals surface area contributed by atoms with Crippen LogP contribution in [0.3, 0.4) is 0 Å². The average molecular weight is 542 g/mol. The number of benzene rings is 4. The Labute approximate surface area is 228 Å². The molecule has 0 aliphatic rings. The highest BCUT2D eigenvalue weighted by molar-refractivity contribution is 7.89. The third-order valence-corrected chi connectivity index (χ3v) is 8.74. The molecule has 39 heavy (non-hydrogen) atoms. The highest BCUT2D eigenvalue weighted by atomic mass is 32.2. The fraction of sp³-hybridized carbons (Fsp3) is 0.194. The molecular weight excluding hydrogens is 510 g/mol. The minimum atomic E-state index is -3.93. The quantitative estimate of drug-likeness (QED) is 0.246. The number of hydrogen-bond donors (Lipinski definition) is 1. The number of aryl methyl sites for hydroxylation is 1. The van der Waals surface area contributed by atoms with Gasteiger partial charge in [0, 0.05) is 40.6 Å². The zero-order valence-electron chi connectivity index (χ0n) is 22.0. The fourth-order valence-electron chi connectivity index (χ4n) is 4.91. The zero-order chi connectivity index (χ0) is 27.4. The van der Waals surface area contributed by atoms with Gasteiger partial charge < -0.3 is 14.6 Å². The van der Waals surface area contributed by atoms with Gasteiger partial charge in [-0.25, -0.2) is 8.42 Å². The minimum Gasteiger partial charge on any atom is -0.497 e. The van der Waals surface area contributed by atoms with Crippen LogP contribution in [-0.2, 0) is 27.8 Å². The molecule has 5 rings (SSSR count). The SMILES string of the molecule is CCn1c2ccccc2c2cc(NC(=O)CN(CCc3ccccc3)S(=O)(=O)c3ccc(OC)cc3)ccc21. The van der Waals surface area contributed by atoms with Gasteiger partial charge in [0.1, 0.15) is 5.75 Å². The first-order valence-electron chi connectivity index (χ1n) is 12.9. The summed E-state index contributed by atoms with van der Waals surface area (Å²) in [5.74, 6) is 0.154. The molecule has 0 aliphatic heterocycles. The molecule has 0 atom stereocenters. The predicted molar refractivity (Wildman–Crippen MR) is 156 cm³/mol. The molecule has 5 aromatic rings. The van der Waals surface area contributed by atoms with Crippen LogP contribution in [0, 0.1) is 0 Å². The van der Waals surface area contributed by atoms with Crippen LogP contribution in [-0.4, -0.2) is 43.4 Å². The molecule has 0 spiro atoms. The molecule has 0 bridgehead atoms. The smallest absolute Gasteiger partial charge is 0.243 e. The summed E-state index contributed by atoms with van der Waals surface area (Å²) in [4.78, 5) is 13.3. The number of sulfonamides is 1. The van der Waals surface area contributed by atoms with Crippen LogP contribution in [0.25, 0.3) is 21.8 Å². The van der Waals surface area contributed by atoms with Gasteiger partial charge in [-0.05, 0) is 67.4 Å². The molecule has 200 valence electrons. The lowest BCUT2D eigenvalue weighted by Gasteiger charge is -2.22. The molecule has 1 amide bonds. The lowest BCUT2D eigenvalue weighted by Crippen LogP contribution is -2.39. The van der Waals surface area contributed by atoms with Crippen molar-refractivity contribution in [3.63, 3.8) is 0 Å². The first kappa shape index (κ1) is 26.5. The van der Waals surface area contributed by atoms with Crippen molar-refractivity contribution in [1.29, 1.82) is 0 Å². The van der Waals surface area contributed by atoms with Gasteiger partial charge in [-0.1, -0.05) is 48.5 Å². The van der Waals surface area contributed by atoms with Gasteiger partial charge in [-0.15, -0.1) is 0 Å². The Hall–Kier alpha value is -4.14. The monoisotopic (exact) mass is 541 g/mol. The van der Waals surface area contributed by atoms with Crippen LogP contribution >= 0.6 is 0 Å². The van der Waals surface area contributed by atoms with Crippen molar-refractivity contribution in [3.05, 3.63) is 103 Å². The Bertz CT molecular complexity index is 1710. The van der Waals surface area contributed by atoms with Crippen LogP contribution in [0.4, 0.5) is 5.69 Å².